The third-order valence-corrected chi connectivity index (χ3v) is 6.56. The lowest BCUT2D eigenvalue weighted by molar-refractivity contribution is -0.145. The number of benzene rings is 1. The highest BCUT2D eigenvalue weighted by atomic mass is 32.2. The number of carbonyl (C=O) groups is 3. The third kappa shape index (κ3) is 11.1. The number of carbonyl (C=O) groups excluding carboxylic acids is 3. The number of nitrogens with one attached hydrogen (secondary N) is 2. The number of hydrogen-bond acceptors (Lipinski definition) is 5. The Morgan fingerprint density at radius 1 is 1.14 bits per heavy atom. The molecule has 1 aromatic carbocycles. The quantitative estimate of drug-likeness (QED) is 0.252. The molecule has 0 bridgehead atoms. The number of terminal acetylenes is 1. The summed E-state index contributed by atoms with van der Waals surface area (Å²) in [6.07, 6.45) is 10.8. The highest BCUT2D eigenvalue weighted by Gasteiger charge is 2.38. The average Bonchev–Trinajstić information content (AvgIpc) is 2.85. The molecule has 0 aromatic heterocycles. The number of amides is 3. The summed E-state index contributed by atoms with van der Waals surface area (Å²) in [6, 6.07) is 5.18. The van der Waals surface area contributed by atoms with E-state index in [2.05, 4.69) is 23.5 Å². The molecule has 0 aliphatic carbocycles. The normalized spacial score (nSPS) is 13.6. The van der Waals surface area contributed by atoms with Crippen molar-refractivity contribution in [3.63, 3.8) is 0 Å². The second kappa shape index (κ2) is 16.2. The standard InChI is InChI=1S/C29H45N3O4S/c1-9-12-13-19-30-26(33)25(23-16-14-22(11-3)15-17-23)32(21(4)10-2)27(34)24(18-20-37-8)31-28(35)36-29(5,6)7/h3,14-17,21,24-25H,9-10,12-13,18-20H2,1-2,4-8H3,(H,30,33)(H,31,35). The molecule has 0 saturated carbocycles. The van der Waals surface area contributed by atoms with E-state index in [1.807, 2.05) is 20.1 Å². The van der Waals surface area contributed by atoms with Crippen molar-refractivity contribution in [3.8, 4) is 12.3 Å². The van der Waals surface area contributed by atoms with E-state index < -0.39 is 23.8 Å². The summed E-state index contributed by atoms with van der Waals surface area (Å²) in [4.78, 5) is 42.0. The molecule has 0 fully saturated rings. The van der Waals surface area contributed by atoms with Crippen LogP contribution in [-0.4, -0.2) is 59.0 Å². The first kappa shape index (κ1) is 32.4. The summed E-state index contributed by atoms with van der Waals surface area (Å²) in [5, 5.41) is 5.79. The number of hydrogen-bond donors (Lipinski definition) is 2. The zero-order chi connectivity index (χ0) is 28.0. The van der Waals surface area contributed by atoms with Crippen molar-refractivity contribution in [2.24, 2.45) is 0 Å². The Labute approximate surface area is 227 Å². The lowest BCUT2D eigenvalue weighted by Crippen LogP contribution is -2.55. The first-order chi connectivity index (χ1) is 17.5. The molecule has 0 aliphatic heterocycles. The Kier molecular flexibility index (Phi) is 14.2. The smallest absolute Gasteiger partial charge is 0.408 e. The fraction of sp³-hybridized carbons (Fsp3) is 0.621. The van der Waals surface area contributed by atoms with E-state index in [1.165, 1.54) is 0 Å². The van der Waals surface area contributed by atoms with E-state index in [0.717, 1.165) is 19.3 Å². The minimum Gasteiger partial charge on any atom is -0.444 e. The number of thioether (sulfide) groups is 1. The fourth-order valence-corrected chi connectivity index (χ4v) is 4.27. The van der Waals surface area contributed by atoms with Crippen molar-refractivity contribution in [2.75, 3.05) is 18.6 Å². The van der Waals surface area contributed by atoms with E-state index in [4.69, 9.17) is 11.2 Å². The zero-order valence-electron chi connectivity index (χ0n) is 23.6. The molecule has 37 heavy (non-hydrogen) atoms. The van der Waals surface area contributed by atoms with Crippen LogP contribution in [-0.2, 0) is 14.3 Å². The molecule has 1 aromatic rings. The largest absolute Gasteiger partial charge is 0.444 e. The number of alkyl carbamates (subject to hydrolysis) is 1. The van der Waals surface area contributed by atoms with Gasteiger partial charge in [-0.25, -0.2) is 4.79 Å². The van der Waals surface area contributed by atoms with Crippen molar-refractivity contribution < 1.29 is 19.1 Å². The Morgan fingerprint density at radius 2 is 1.78 bits per heavy atom. The predicted molar refractivity (Wildman–Crippen MR) is 152 cm³/mol. The van der Waals surface area contributed by atoms with Gasteiger partial charge < -0.3 is 20.3 Å². The van der Waals surface area contributed by atoms with E-state index in [9.17, 15) is 14.4 Å². The van der Waals surface area contributed by atoms with Crippen LogP contribution in [0.1, 0.15) is 90.8 Å². The highest BCUT2D eigenvalue weighted by Crippen LogP contribution is 2.27. The first-order valence-electron chi connectivity index (χ1n) is 13.1. The van der Waals surface area contributed by atoms with Gasteiger partial charge in [0.05, 0.1) is 0 Å². The molecule has 3 unspecified atom stereocenters. The molecule has 0 saturated heterocycles. The maximum atomic E-state index is 14.1. The molecule has 1 rings (SSSR count). The van der Waals surface area contributed by atoms with Crippen molar-refractivity contribution in [1.82, 2.24) is 15.5 Å². The summed E-state index contributed by atoms with van der Waals surface area (Å²) in [7, 11) is 0. The summed E-state index contributed by atoms with van der Waals surface area (Å²) in [5.41, 5.74) is 0.658. The van der Waals surface area contributed by atoms with Crippen LogP contribution in [0.3, 0.4) is 0 Å². The van der Waals surface area contributed by atoms with Gasteiger partial charge in [0.1, 0.15) is 17.7 Å². The van der Waals surface area contributed by atoms with Crippen molar-refractivity contribution in [1.29, 1.82) is 0 Å². The Morgan fingerprint density at radius 3 is 2.30 bits per heavy atom. The van der Waals surface area contributed by atoms with Gasteiger partial charge in [0, 0.05) is 18.2 Å². The van der Waals surface area contributed by atoms with Crippen LogP contribution in [0.2, 0.25) is 0 Å². The van der Waals surface area contributed by atoms with Gasteiger partial charge in [-0.05, 0) is 76.7 Å². The highest BCUT2D eigenvalue weighted by molar-refractivity contribution is 7.98. The number of rotatable bonds is 14. The van der Waals surface area contributed by atoms with Gasteiger partial charge in [-0.2, -0.15) is 11.8 Å². The molecule has 8 heteroatoms. The molecule has 0 spiro atoms. The summed E-state index contributed by atoms with van der Waals surface area (Å²) in [5.74, 6) is 2.68. The minimum atomic E-state index is -0.867. The molecule has 0 aliphatic rings. The molecule has 0 radical (unpaired) electrons. The van der Waals surface area contributed by atoms with Gasteiger partial charge in [-0.1, -0.05) is 44.7 Å². The lowest BCUT2D eigenvalue weighted by Gasteiger charge is -2.38. The minimum absolute atomic E-state index is 0.251. The van der Waals surface area contributed by atoms with Crippen LogP contribution >= 0.6 is 11.8 Å². The van der Waals surface area contributed by atoms with Crippen LogP contribution in [0.5, 0.6) is 0 Å². The molecular weight excluding hydrogens is 486 g/mol. The topological polar surface area (TPSA) is 87.7 Å². The lowest BCUT2D eigenvalue weighted by atomic mass is 9.98. The predicted octanol–water partition coefficient (Wildman–Crippen LogP) is 5.29. The van der Waals surface area contributed by atoms with Crippen LogP contribution < -0.4 is 10.6 Å². The fourth-order valence-electron chi connectivity index (χ4n) is 3.80. The maximum Gasteiger partial charge on any atom is 0.408 e. The summed E-state index contributed by atoms with van der Waals surface area (Å²) < 4.78 is 5.43. The van der Waals surface area contributed by atoms with Gasteiger partial charge in [0.2, 0.25) is 11.8 Å². The van der Waals surface area contributed by atoms with Gasteiger partial charge >= 0.3 is 6.09 Å². The molecule has 206 valence electrons. The van der Waals surface area contributed by atoms with Crippen molar-refractivity contribution in [3.05, 3.63) is 35.4 Å². The molecule has 3 atom stereocenters. The average molecular weight is 532 g/mol. The SMILES string of the molecule is C#Cc1ccc(C(C(=O)NCCCCC)N(C(=O)C(CCSC)NC(=O)OC(C)(C)C)C(C)CC)cc1. The van der Waals surface area contributed by atoms with Gasteiger partial charge in [0.25, 0.3) is 0 Å². The molecular formula is C29H45N3O4S. The second-order valence-electron chi connectivity index (χ2n) is 10.2. The van der Waals surface area contributed by atoms with Gasteiger partial charge in [-0.15, -0.1) is 6.42 Å². The second-order valence-corrected chi connectivity index (χ2v) is 11.1. The van der Waals surface area contributed by atoms with Crippen molar-refractivity contribution >= 4 is 29.7 Å². The molecule has 0 heterocycles. The van der Waals surface area contributed by atoms with Crippen molar-refractivity contribution in [2.45, 2.75) is 97.4 Å². The monoisotopic (exact) mass is 531 g/mol. The van der Waals surface area contributed by atoms with E-state index in [-0.39, 0.29) is 17.9 Å². The van der Waals surface area contributed by atoms with E-state index >= 15 is 0 Å². The first-order valence-corrected chi connectivity index (χ1v) is 14.5. The summed E-state index contributed by atoms with van der Waals surface area (Å²) in [6.45, 7) is 11.8. The van der Waals surface area contributed by atoms with Gasteiger partial charge in [0.15, 0.2) is 0 Å². The molecule has 7 nitrogen and oxygen atoms in total. The zero-order valence-corrected chi connectivity index (χ0v) is 24.4. The Hall–Kier alpha value is -2.66. The number of unbranched alkanes of at least 4 members (excludes halogenated alkanes) is 2. The van der Waals surface area contributed by atoms with E-state index in [1.54, 1.807) is 61.7 Å². The van der Waals surface area contributed by atoms with Crippen LogP contribution in [0, 0.1) is 12.3 Å². The maximum absolute atomic E-state index is 14.1. The van der Waals surface area contributed by atoms with Crippen LogP contribution in [0.4, 0.5) is 4.79 Å². The Balaban J connectivity index is 3.45. The Bertz CT molecular complexity index is 905. The van der Waals surface area contributed by atoms with Gasteiger partial charge in [-0.3, -0.25) is 9.59 Å². The van der Waals surface area contributed by atoms with Crippen LogP contribution in [0.25, 0.3) is 0 Å². The number of nitrogens with zero attached hydrogens (tertiary/aromatic N) is 1. The molecule has 2 N–H and O–H groups in total. The molecule has 3 amide bonds. The van der Waals surface area contributed by atoms with Crippen LogP contribution in [0.15, 0.2) is 24.3 Å². The third-order valence-electron chi connectivity index (χ3n) is 5.92. The number of ether oxygens (including phenoxy) is 1. The summed E-state index contributed by atoms with van der Waals surface area (Å²) >= 11 is 1.58. The van der Waals surface area contributed by atoms with E-state index in [0.29, 0.717) is 36.3 Å².